The SMILES string of the molecule is Cc1cc(CNc2cccc(N3CCOC3=O)c2)c(C)s1. The van der Waals surface area contributed by atoms with Gasteiger partial charge < -0.3 is 10.1 Å². The number of nitrogens with zero attached hydrogens (tertiary/aromatic N) is 1. The molecule has 1 aromatic carbocycles. The molecule has 1 saturated heterocycles. The molecule has 0 aliphatic carbocycles. The zero-order valence-corrected chi connectivity index (χ0v) is 13.0. The quantitative estimate of drug-likeness (QED) is 0.930. The molecule has 0 spiro atoms. The second-order valence-corrected chi connectivity index (χ2v) is 6.57. The number of anilines is 2. The minimum Gasteiger partial charge on any atom is -0.447 e. The van der Waals surface area contributed by atoms with Crippen molar-refractivity contribution in [2.75, 3.05) is 23.4 Å². The standard InChI is InChI=1S/C16H18N2O2S/c1-11-8-13(12(2)21-11)10-17-14-4-3-5-15(9-14)18-6-7-20-16(18)19/h3-5,8-9,17H,6-7,10H2,1-2H3. The summed E-state index contributed by atoms with van der Waals surface area (Å²) in [5, 5.41) is 3.42. The van der Waals surface area contributed by atoms with Crippen LogP contribution >= 0.6 is 11.3 Å². The fourth-order valence-corrected chi connectivity index (χ4v) is 3.41. The number of hydrogen-bond acceptors (Lipinski definition) is 4. The van der Waals surface area contributed by atoms with Crippen LogP contribution in [0.5, 0.6) is 0 Å². The summed E-state index contributed by atoms with van der Waals surface area (Å²) >= 11 is 1.82. The summed E-state index contributed by atoms with van der Waals surface area (Å²) in [6.07, 6.45) is -0.267. The van der Waals surface area contributed by atoms with Gasteiger partial charge in [-0.1, -0.05) is 6.07 Å². The Bertz CT molecular complexity index is 666. The lowest BCUT2D eigenvalue weighted by Gasteiger charge is -2.14. The van der Waals surface area contributed by atoms with Gasteiger partial charge in [0.25, 0.3) is 0 Å². The van der Waals surface area contributed by atoms with Crippen molar-refractivity contribution in [2.24, 2.45) is 0 Å². The summed E-state index contributed by atoms with van der Waals surface area (Å²) in [5.74, 6) is 0. The van der Waals surface area contributed by atoms with Crippen LogP contribution in [0.2, 0.25) is 0 Å². The summed E-state index contributed by atoms with van der Waals surface area (Å²) < 4.78 is 4.98. The molecule has 1 amide bonds. The van der Waals surface area contributed by atoms with Crippen molar-refractivity contribution in [3.8, 4) is 0 Å². The van der Waals surface area contributed by atoms with Crippen molar-refractivity contribution in [3.63, 3.8) is 0 Å². The zero-order valence-electron chi connectivity index (χ0n) is 12.2. The third-order valence-electron chi connectivity index (χ3n) is 3.55. The van der Waals surface area contributed by atoms with Gasteiger partial charge in [-0.2, -0.15) is 0 Å². The summed E-state index contributed by atoms with van der Waals surface area (Å²) in [5.41, 5.74) is 3.21. The first kappa shape index (κ1) is 13.9. The molecule has 5 heteroatoms. The van der Waals surface area contributed by atoms with Crippen molar-refractivity contribution in [1.29, 1.82) is 0 Å². The molecule has 4 nitrogen and oxygen atoms in total. The smallest absolute Gasteiger partial charge is 0.414 e. The van der Waals surface area contributed by atoms with Crippen LogP contribution in [0.3, 0.4) is 0 Å². The average molecular weight is 302 g/mol. The predicted octanol–water partition coefficient (Wildman–Crippen LogP) is 3.93. The van der Waals surface area contributed by atoms with E-state index >= 15 is 0 Å². The van der Waals surface area contributed by atoms with Crippen molar-refractivity contribution >= 4 is 28.8 Å². The third-order valence-corrected chi connectivity index (χ3v) is 4.55. The van der Waals surface area contributed by atoms with Gasteiger partial charge in [-0.3, -0.25) is 4.90 Å². The number of benzene rings is 1. The van der Waals surface area contributed by atoms with Gasteiger partial charge in [-0.15, -0.1) is 11.3 Å². The van der Waals surface area contributed by atoms with E-state index in [-0.39, 0.29) is 6.09 Å². The fourth-order valence-electron chi connectivity index (χ4n) is 2.47. The first-order chi connectivity index (χ1) is 10.1. The highest BCUT2D eigenvalue weighted by atomic mass is 32.1. The Kier molecular flexibility index (Phi) is 3.84. The highest BCUT2D eigenvalue weighted by molar-refractivity contribution is 7.12. The predicted molar refractivity (Wildman–Crippen MR) is 86.3 cm³/mol. The number of amides is 1. The molecule has 3 rings (SSSR count). The molecule has 0 bridgehead atoms. The molecular formula is C16H18N2O2S. The number of carbonyl (C=O) groups excluding carboxylic acids is 1. The van der Waals surface area contributed by atoms with E-state index in [2.05, 4.69) is 25.2 Å². The van der Waals surface area contributed by atoms with E-state index in [1.54, 1.807) is 4.90 Å². The van der Waals surface area contributed by atoms with Gasteiger partial charge >= 0.3 is 6.09 Å². The van der Waals surface area contributed by atoms with Gasteiger partial charge in [-0.05, 0) is 43.7 Å². The molecule has 1 aromatic heterocycles. The van der Waals surface area contributed by atoms with E-state index in [1.807, 2.05) is 35.6 Å². The van der Waals surface area contributed by atoms with Gasteiger partial charge in [0.2, 0.25) is 0 Å². The Morgan fingerprint density at radius 1 is 1.33 bits per heavy atom. The number of nitrogens with one attached hydrogen (secondary N) is 1. The first-order valence-electron chi connectivity index (χ1n) is 6.97. The minimum atomic E-state index is -0.267. The number of cyclic esters (lactones) is 1. The molecule has 1 aliphatic rings. The summed E-state index contributed by atoms with van der Waals surface area (Å²) in [4.78, 5) is 15.9. The topological polar surface area (TPSA) is 41.6 Å². The maximum Gasteiger partial charge on any atom is 0.414 e. The summed E-state index contributed by atoms with van der Waals surface area (Å²) in [7, 11) is 0. The van der Waals surface area contributed by atoms with Crippen LogP contribution in [0.15, 0.2) is 30.3 Å². The Morgan fingerprint density at radius 2 is 2.19 bits per heavy atom. The molecule has 0 atom stereocenters. The number of thiophene rings is 1. The first-order valence-corrected chi connectivity index (χ1v) is 7.79. The van der Waals surface area contributed by atoms with Gasteiger partial charge in [0.1, 0.15) is 6.61 Å². The number of carbonyl (C=O) groups is 1. The van der Waals surface area contributed by atoms with Crippen LogP contribution < -0.4 is 10.2 Å². The highest BCUT2D eigenvalue weighted by Crippen LogP contribution is 2.24. The van der Waals surface area contributed by atoms with Crippen LogP contribution in [-0.2, 0) is 11.3 Å². The summed E-state index contributed by atoms with van der Waals surface area (Å²) in [6, 6.07) is 10.1. The molecule has 0 radical (unpaired) electrons. The van der Waals surface area contributed by atoms with Crippen molar-refractivity contribution in [2.45, 2.75) is 20.4 Å². The summed E-state index contributed by atoms with van der Waals surface area (Å²) in [6.45, 7) is 6.14. The van der Waals surface area contributed by atoms with Crippen LogP contribution in [0.25, 0.3) is 0 Å². The van der Waals surface area contributed by atoms with E-state index in [0.29, 0.717) is 13.2 Å². The maximum atomic E-state index is 11.6. The molecule has 2 heterocycles. The van der Waals surface area contributed by atoms with Crippen molar-refractivity contribution < 1.29 is 9.53 Å². The maximum absolute atomic E-state index is 11.6. The minimum absolute atomic E-state index is 0.267. The molecule has 2 aromatic rings. The highest BCUT2D eigenvalue weighted by Gasteiger charge is 2.23. The Labute approximate surface area is 128 Å². The van der Waals surface area contributed by atoms with Gasteiger partial charge in [0, 0.05) is 27.7 Å². The molecule has 0 saturated carbocycles. The lowest BCUT2D eigenvalue weighted by Crippen LogP contribution is -2.23. The van der Waals surface area contributed by atoms with E-state index in [9.17, 15) is 4.79 Å². The monoisotopic (exact) mass is 302 g/mol. The number of rotatable bonds is 4. The van der Waals surface area contributed by atoms with Crippen LogP contribution in [0, 0.1) is 13.8 Å². The molecule has 21 heavy (non-hydrogen) atoms. The molecule has 1 aliphatic heterocycles. The lowest BCUT2D eigenvalue weighted by molar-refractivity contribution is 0.181. The number of ether oxygens (including phenoxy) is 1. The van der Waals surface area contributed by atoms with Crippen molar-refractivity contribution in [3.05, 3.63) is 45.6 Å². The number of aryl methyl sites for hydroxylation is 2. The zero-order chi connectivity index (χ0) is 14.8. The normalized spacial score (nSPS) is 14.4. The van der Waals surface area contributed by atoms with Gasteiger partial charge in [0.15, 0.2) is 0 Å². The second-order valence-electron chi connectivity index (χ2n) is 5.11. The fraction of sp³-hybridized carbons (Fsp3) is 0.312. The van der Waals surface area contributed by atoms with Crippen molar-refractivity contribution in [1.82, 2.24) is 0 Å². The lowest BCUT2D eigenvalue weighted by atomic mass is 10.2. The molecule has 1 N–H and O–H groups in total. The second kappa shape index (κ2) is 5.77. The molecule has 110 valence electrons. The van der Waals surface area contributed by atoms with E-state index < -0.39 is 0 Å². The van der Waals surface area contributed by atoms with E-state index in [1.165, 1.54) is 15.3 Å². The van der Waals surface area contributed by atoms with Gasteiger partial charge in [0.05, 0.1) is 6.54 Å². The van der Waals surface area contributed by atoms with Crippen LogP contribution in [-0.4, -0.2) is 19.2 Å². The molecular weight excluding hydrogens is 284 g/mol. The van der Waals surface area contributed by atoms with Crippen LogP contribution in [0.4, 0.5) is 16.2 Å². The largest absolute Gasteiger partial charge is 0.447 e. The van der Waals surface area contributed by atoms with Gasteiger partial charge in [-0.25, -0.2) is 4.79 Å². The molecule has 0 unspecified atom stereocenters. The Balaban J connectivity index is 1.71. The number of hydrogen-bond donors (Lipinski definition) is 1. The Morgan fingerprint density at radius 3 is 2.86 bits per heavy atom. The Hall–Kier alpha value is -2.01. The third kappa shape index (κ3) is 3.03. The van der Waals surface area contributed by atoms with E-state index in [4.69, 9.17) is 4.74 Å². The van der Waals surface area contributed by atoms with E-state index in [0.717, 1.165) is 17.9 Å². The molecule has 1 fully saturated rings. The van der Waals surface area contributed by atoms with Crippen LogP contribution in [0.1, 0.15) is 15.3 Å². The average Bonchev–Trinajstić information content (AvgIpc) is 3.02.